The molecule has 0 spiro atoms. The molecule has 0 heterocycles. The van der Waals surface area contributed by atoms with E-state index in [2.05, 4.69) is 0 Å². The average Bonchev–Trinajstić information content (AvgIpc) is 2.35. The number of nitrogen functional groups attached to an aromatic ring is 1. The largest absolute Gasteiger partial charge is 0.399 e. The second-order valence-corrected chi connectivity index (χ2v) is 5.67. The maximum Gasteiger partial charge on any atom is 0.130 e. The number of rotatable bonds is 3. The zero-order chi connectivity index (χ0) is 14.0. The van der Waals surface area contributed by atoms with Crippen LogP contribution in [0.3, 0.4) is 0 Å². The van der Waals surface area contributed by atoms with Gasteiger partial charge in [0.25, 0.3) is 0 Å². The van der Waals surface area contributed by atoms with Crippen LogP contribution in [0.4, 0.5) is 14.5 Å². The Morgan fingerprint density at radius 2 is 1.89 bits per heavy atom. The lowest BCUT2D eigenvalue weighted by Crippen LogP contribution is -2.02. The number of hydrogen-bond acceptors (Lipinski definition) is 2. The number of benzene rings is 2. The van der Waals surface area contributed by atoms with Crippen LogP contribution in [0.25, 0.3) is 0 Å². The molecule has 0 radical (unpaired) electrons. The lowest BCUT2D eigenvalue weighted by Gasteiger charge is -2.08. The van der Waals surface area contributed by atoms with Gasteiger partial charge >= 0.3 is 0 Å². The van der Waals surface area contributed by atoms with E-state index >= 15 is 0 Å². The summed E-state index contributed by atoms with van der Waals surface area (Å²) < 4.78 is 38.5. The molecule has 2 aromatic rings. The minimum Gasteiger partial charge on any atom is -0.399 e. The van der Waals surface area contributed by atoms with E-state index in [0.29, 0.717) is 10.6 Å². The van der Waals surface area contributed by atoms with Crippen LogP contribution in [0.5, 0.6) is 0 Å². The molecule has 0 bridgehead atoms. The molecule has 0 aromatic heterocycles. The summed E-state index contributed by atoms with van der Waals surface area (Å²) >= 11 is 0. The van der Waals surface area contributed by atoms with Gasteiger partial charge in [-0.15, -0.1) is 0 Å². The highest BCUT2D eigenvalue weighted by atomic mass is 32.2. The highest BCUT2D eigenvalue weighted by Crippen LogP contribution is 2.21. The van der Waals surface area contributed by atoms with Gasteiger partial charge in [-0.2, -0.15) is 0 Å². The van der Waals surface area contributed by atoms with Crippen molar-refractivity contribution in [2.45, 2.75) is 17.6 Å². The van der Waals surface area contributed by atoms with Crippen molar-refractivity contribution in [3.05, 3.63) is 59.2 Å². The maximum atomic E-state index is 13.5. The molecule has 2 nitrogen and oxygen atoms in total. The molecule has 5 heteroatoms. The summed E-state index contributed by atoms with van der Waals surface area (Å²) in [4.78, 5) is 0.573. The first-order valence-corrected chi connectivity index (χ1v) is 6.97. The van der Waals surface area contributed by atoms with Crippen LogP contribution in [0.15, 0.2) is 41.3 Å². The van der Waals surface area contributed by atoms with Crippen LogP contribution < -0.4 is 5.73 Å². The number of anilines is 1. The van der Waals surface area contributed by atoms with Crippen molar-refractivity contribution in [3.63, 3.8) is 0 Å². The predicted molar refractivity (Wildman–Crippen MR) is 72.1 cm³/mol. The number of aryl methyl sites for hydroxylation is 1. The van der Waals surface area contributed by atoms with Crippen molar-refractivity contribution >= 4 is 16.5 Å². The molecule has 19 heavy (non-hydrogen) atoms. The average molecular weight is 281 g/mol. The normalized spacial score (nSPS) is 12.4. The Balaban J connectivity index is 2.28. The fourth-order valence-corrected chi connectivity index (χ4v) is 3.09. The summed E-state index contributed by atoms with van der Waals surface area (Å²) in [5.41, 5.74) is 7.21. The van der Waals surface area contributed by atoms with Crippen molar-refractivity contribution in [1.82, 2.24) is 0 Å². The lowest BCUT2D eigenvalue weighted by molar-refractivity contribution is 0.575. The Morgan fingerprint density at radius 3 is 2.58 bits per heavy atom. The van der Waals surface area contributed by atoms with E-state index in [1.54, 1.807) is 18.2 Å². The van der Waals surface area contributed by atoms with E-state index in [-0.39, 0.29) is 11.3 Å². The summed E-state index contributed by atoms with van der Waals surface area (Å²) in [6.07, 6.45) is 0. The summed E-state index contributed by atoms with van der Waals surface area (Å²) in [5, 5.41) is 0. The number of halogens is 2. The second-order valence-electron chi connectivity index (χ2n) is 4.25. The molecule has 2 N–H and O–H groups in total. The summed E-state index contributed by atoms with van der Waals surface area (Å²) in [7, 11) is -1.42. The first-order chi connectivity index (χ1) is 8.97. The Hall–Kier alpha value is -1.75. The van der Waals surface area contributed by atoms with E-state index in [4.69, 9.17) is 5.73 Å². The first-order valence-electron chi connectivity index (χ1n) is 5.66. The van der Waals surface area contributed by atoms with Gasteiger partial charge in [0, 0.05) is 22.2 Å². The molecule has 1 atom stereocenters. The molecular formula is C14H13F2NOS. The van der Waals surface area contributed by atoms with Gasteiger partial charge < -0.3 is 5.73 Å². The van der Waals surface area contributed by atoms with E-state index < -0.39 is 22.4 Å². The third-order valence-corrected chi connectivity index (χ3v) is 4.26. The maximum absolute atomic E-state index is 13.5. The molecule has 0 saturated heterocycles. The van der Waals surface area contributed by atoms with Crippen molar-refractivity contribution in [2.75, 3.05) is 5.73 Å². The quantitative estimate of drug-likeness (QED) is 0.878. The smallest absolute Gasteiger partial charge is 0.130 e. The third kappa shape index (κ3) is 3.17. The van der Waals surface area contributed by atoms with Gasteiger partial charge in [0.15, 0.2) is 0 Å². The Labute approximate surface area is 112 Å². The third-order valence-electron chi connectivity index (χ3n) is 2.76. The zero-order valence-corrected chi connectivity index (χ0v) is 11.1. The Morgan fingerprint density at radius 1 is 1.16 bits per heavy atom. The standard InChI is InChI=1S/C14H13F2NOS/c1-9-2-5-12(17)7-14(9)19(18)8-10-3-4-11(15)6-13(10)16/h2-7H,8,17H2,1H3. The molecule has 0 aliphatic carbocycles. The van der Waals surface area contributed by atoms with Crippen LogP contribution in [-0.2, 0) is 16.6 Å². The van der Waals surface area contributed by atoms with Crippen molar-refractivity contribution in [3.8, 4) is 0 Å². The number of nitrogens with two attached hydrogens (primary N) is 1. The molecule has 0 aliphatic heterocycles. The van der Waals surface area contributed by atoms with Crippen molar-refractivity contribution in [2.24, 2.45) is 0 Å². The van der Waals surface area contributed by atoms with Crippen LogP contribution in [0.1, 0.15) is 11.1 Å². The molecule has 2 rings (SSSR count). The Bertz CT molecular complexity index is 643. The zero-order valence-electron chi connectivity index (χ0n) is 10.3. The lowest BCUT2D eigenvalue weighted by atomic mass is 10.2. The van der Waals surface area contributed by atoms with Crippen molar-refractivity contribution in [1.29, 1.82) is 0 Å². The molecule has 0 fully saturated rings. The molecule has 100 valence electrons. The van der Waals surface area contributed by atoms with Gasteiger partial charge in [-0.25, -0.2) is 8.78 Å². The molecule has 1 unspecified atom stereocenters. The van der Waals surface area contributed by atoms with Crippen LogP contribution in [0.2, 0.25) is 0 Å². The van der Waals surface area contributed by atoms with E-state index in [0.717, 1.165) is 17.7 Å². The van der Waals surface area contributed by atoms with E-state index in [1.165, 1.54) is 6.07 Å². The summed E-state index contributed by atoms with van der Waals surface area (Å²) in [6.45, 7) is 1.81. The molecule has 0 amide bonds. The predicted octanol–water partition coefficient (Wildman–Crippen LogP) is 3.16. The minimum absolute atomic E-state index is 0.00356. The van der Waals surface area contributed by atoms with Gasteiger partial charge in [0.1, 0.15) is 11.6 Å². The molecule has 0 saturated carbocycles. The monoisotopic (exact) mass is 281 g/mol. The molecular weight excluding hydrogens is 268 g/mol. The fourth-order valence-electron chi connectivity index (χ4n) is 1.72. The minimum atomic E-state index is -1.42. The summed E-state index contributed by atoms with van der Waals surface area (Å²) in [6, 6.07) is 8.36. The van der Waals surface area contributed by atoms with Gasteiger partial charge in [-0.05, 0) is 30.7 Å². The molecule has 2 aromatic carbocycles. The SMILES string of the molecule is Cc1ccc(N)cc1S(=O)Cc1ccc(F)cc1F. The van der Waals surface area contributed by atoms with Gasteiger partial charge in [0.05, 0.1) is 16.6 Å². The van der Waals surface area contributed by atoms with Gasteiger partial charge in [-0.1, -0.05) is 12.1 Å². The van der Waals surface area contributed by atoms with Crippen molar-refractivity contribution < 1.29 is 13.0 Å². The van der Waals surface area contributed by atoms with Gasteiger partial charge in [0.2, 0.25) is 0 Å². The topological polar surface area (TPSA) is 43.1 Å². The Kier molecular flexibility index (Phi) is 3.95. The first kappa shape index (κ1) is 13.7. The second kappa shape index (κ2) is 5.48. The summed E-state index contributed by atoms with van der Waals surface area (Å²) in [5.74, 6) is -1.33. The highest BCUT2D eigenvalue weighted by Gasteiger charge is 2.12. The van der Waals surface area contributed by atoms with Gasteiger partial charge in [-0.3, -0.25) is 4.21 Å². The van der Waals surface area contributed by atoms with Crippen LogP contribution in [-0.4, -0.2) is 4.21 Å². The fraction of sp³-hybridized carbons (Fsp3) is 0.143. The van der Waals surface area contributed by atoms with Crippen LogP contribution in [0, 0.1) is 18.6 Å². The van der Waals surface area contributed by atoms with E-state index in [1.807, 2.05) is 6.92 Å². The molecule has 0 aliphatic rings. The highest BCUT2D eigenvalue weighted by molar-refractivity contribution is 7.84. The number of hydrogen-bond donors (Lipinski definition) is 1. The van der Waals surface area contributed by atoms with Crippen LogP contribution >= 0.6 is 0 Å². The van der Waals surface area contributed by atoms with E-state index in [9.17, 15) is 13.0 Å².